The summed E-state index contributed by atoms with van der Waals surface area (Å²) >= 11 is 0. The predicted molar refractivity (Wildman–Crippen MR) is 120 cm³/mol. The number of pyridine rings is 1. The average Bonchev–Trinajstić information content (AvgIpc) is 3.63. The van der Waals surface area contributed by atoms with E-state index in [1.165, 1.54) is 24.3 Å². The summed E-state index contributed by atoms with van der Waals surface area (Å²) in [6, 6.07) is 13.8. The molecule has 2 aromatic carbocycles. The van der Waals surface area contributed by atoms with Crippen LogP contribution in [0.2, 0.25) is 0 Å². The highest BCUT2D eigenvalue weighted by Crippen LogP contribution is 2.38. The van der Waals surface area contributed by atoms with Crippen LogP contribution in [0.1, 0.15) is 22.3 Å². The number of aromatic nitrogens is 1. The molecular formula is C25H23F2N3O4. The molecule has 0 aliphatic heterocycles. The van der Waals surface area contributed by atoms with Crippen LogP contribution in [0.15, 0.2) is 60.8 Å². The maximum absolute atomic E-state index is 14.7. The van der Waals surface area contributed by atoms with E-state index in [2.05, 4.69) is 20.5 Å². The second-order valence-electron chi connectivity index (χ2n) is 7.91. The second kappa shape index (κ2) is 10.4. The van der Waals surface area contributed by atoms with Gasteiger partial charge in [0.25, 0.3) is 0 Å². The van der Waals surface area contributed by atoms with Crippen molar-refractivity contribution in [3.63, 3.8) is 0 Å². The number of hydrogen-bond acceptors (Lipinski definition) is 6. The number of ether oxygens (including phenoxy) is 1. The highest BCUT2D eigenvalue weighted by atomic mass is 19.1. The number of nitrogens with zero attached hydrogens (tertiary/aromatic N) is 1. The van der Waals surface area contributed by atoms with Crippen LogP contribution in [0, 0.1) is 23.5 Å². The number of hydrogen-bond donors (Lipinski definition) is 2. The molecule has 176 valence electrons. The van der Waals surface area contributed by atoms with E-state index in [-0.39, 0.29) is 41.0 Å². The first-order chi connectivity index (χ1) is 16.5. The number of esters is 1. The fourth-order valence-corrected chi connectivity index (χ4v) is 3.64. The number of amides is 1. The molecule has 1 saturated carbocycles. The number of anilines is 1. The van der Waals surface area contributed by atoms with E-state index in [0.29, 0.717) is 24.4 Å². The normalized spacial score (nSPS) is 16.6. The fraction of sp³-hybridized carbons (Fsp3) is 0.240. The van der Waals surface area contributed by atoms with Crippen molar-refractivity contribution in [3.8, 4) is 11.1 Å². The van der Waals surface area contributed by atoms with E-state index in [1.807, 2.05) is 6.07 Å². The SMILES string of the molecule is COC(=O)c1c(F)cccc1-c1ccc(CNC(=O)C2CC2CONc2ccccn2)c(F)c1. The summed E-state index contributed by atoms with van der Waals surface area (Å²) in [6.45, 7) is 0.363. The standard InChI is InChI=1S/C25H23F2N3O4/c1-33-25(32)23-18(5-4-6-20(23)26)15-8-9-16(21(27)12-15)13-29-24(31)19-11-17(19)14-34-30-22-7-2-3-10-28-22/h2-10,12,17,19H,11,13-14H2,1H3,(H,28,30)(H,29,31). The number of carbonyl (C=O) groups excluding carboxylic acids is 2. The number of halogens is 2. The van der Waals surface area contributed by atoms with Gasteiger partial charge in [0.15, 0.2) is 0 Å². The Hall–Kier alpha value is -3.85. The van der Waals surface area contributed by atoms with Gasteiger partial charge >= 0.3 is 5.97 Å². The van der Waals surface area contributed by atoms with E-state index in [4.69, 9.17) is 4.84 Å². The van der Waals surface area contributed by atoms with Crippen molar-refractivity contribution >= 4 is 17.7 Å². The van der Waals surface area contributed by atoms with Crippen molar-refractivity contribution in [2.24, 2.45) is 11.8 Å². The lowest BCUT2D eigenvalue weighted by Crippen LogP contribution is -2.26. The molecule has 2 atom stereocenters. The van der Waals surface area contributed by atoms with Crippen LogP contribution in [-0.4, -0.2) is 30.6 Å². The van der Waals surface area contributed by atoms with Crippen LogP contribution >= 0.6 is 0 Å². The van der Waals surface area contributed by atoms with Gasteiger partial charge in [0, 0.05) is 24.2 Å². The van der Waals surface area contributed by atoms with Gasteiger partial charge < -0.3 is 10.1 Å². The summed E-state index contributed by atoms with van der Waals surface area (Å²) in [6.07, 6.45) is 2.33. The topological polar surface area (TPSA) is 89.5 Å². The van der Waals surface area contributed by atoms with Crippen LogP contribution in [0.3, 0.4) is 0 Å². The Morgan fingerprint density at radius 2 is 1.94 bits per heavy atom. The highest BCUT2D eigenvalue weighted by molar-refractivity contribution is 5.97. The zero-order chi connectivity index (χ0) is 24.1. The summed E-state index contributed by atoms with van der Waals surface area (Å²) < 4.78 is 33.6. The Labute approximate surface area is 195 Å². The third-order valence-electron chi connectivity index (χ3n) is 5.62. The molecule has 1 aliphatic rings. The number of benzene rings is 2. The van der Waals surface area contributed by atoms with E-state index < -0.39 is 17.6 Å². The van der Waals surface area contributed by atoms with Gasteiger partial charge in [-0.2, -0.15) is 0 Å². The third-order valence-corrected chi connectivity index (χ3v) is 5.62. The zero-order valence-electron chi connectivity index (χ0n) is 18.4. The Bertz CT molecular complexity index is 1190. The summed E-state index contributed by atoms with van der Waals surface area (Å²) in [4.78, 5) is 33.8. The summed E-state index contributed by atoms with van der Waals surface area (Å²) in [5, 5.41) is 2.75. The zero-order valence-corrected chi connectivity index (χ0v) is 18.4. The maximum Gasteiger partial charge on any atom is 0.341 e. The molecular weight excluding hydrogens is 444 g/mol. The van der Waals surface area contributed by atoms with Gasteiger partial charge in [0.1, 0.15) is 23.0 Å². The van der Waals surface area contributed by atoms with Crippen molar-refractivity contribution in [1.29, 1.82) is 0 Å². The highest BCUT2D eigenvalue weighted by Gasteiger charge is 2.43. The molecule has 1 amide bonds. The second-order valence-corrected chi connectivity index (χ2v) is 7.91. The molecule has 34 heavy (non-hydrogen) atoms. The molecule has 4 rings (SSSR count). The number of rotatable bonds is 9. The third kappa shape index (κ3) is 5.37. The van der Waals surface area contributed by atoms with E-state index >= 15 is 0 Å². The quantitative estimate of drug-likeness (QED) is 0.364. The summed E-state index contributed by atoms with van der Waals surface area (Å²) in [7, 11) is 1.15. The number of methoxy groups -OCH3 is 1. The summed E-state index contributed by atoms with van der Waals surface area (Å²) in [5.74, 6) is -1.88. The minimum atomic E-state index is -0.844. The predicted octanol–water partition coefficient (Wildman–Crippen LogP) is 4.11. The van der Waals surface area contributed by atoms with Gasteiger partial charge in [-0.15, -0.1) is 0 Å². The molecule has 9 heteroatoms. The van der Waals surface area contributed by atoms with Crippen LogP contribution in [-0.2, 0) is 20.9 Å². The lowest BCUT2D eigenvalue weighted by molar-refractivity contribution is -0.122. The number of carbonyl (C=O) groups is 2. The monoisotopic (exact) mass is 467 g/mol. The molecule has 7 nitrogen and oxygen atoms in total. The molecule has 1 aromatic heterocycles. The van der Waals surface area contributed by atoms with Gasteiger partial charge in [-0.1, -0.05) is 30.3 Å². The Balaban J connectivity index is 1.31. The molecule has 3 aromatic rings. The molecule has 0 bridgehead atoms. The Morgan fingerprint density at radius 1 is 1.09 bits per heavy atom. The van der Waals surface area contributed by atoms with Crippen molar-refractivity contribution in [2.45, 2.75) is 13.0 Å². The van der Waals surface area contributed by atoms with E-state index in [1.54, 1.807) is 24.4 Å². The smallest absolute Gasteiger partial charge is 0.341 e. The molecule has 0 radical (unpaired) electrons. The van der Waals surface area contributed by atoms with Crippen molar-refractivity contribution < 1.29 is 27.9 Å². The molecule has 1 aliphatic carbocycles. The van der Waals surface area contributed by atoms with Gasteiger partial charge in [0.2, 0.25) is 5.91 Å². The molecule has 1 heterocycles. The first-order valence-electron chi connectivity index (χ1n) is 10.7. The fourth-order valence-electron chi connectivity index (χ4n) is 3.64. The van der Waals surface area contributed by atoms with Gasteiger partial charge in [0.05, 0.1) is 13.7 Å². The van der Waals surface area contributed by atoms with E-state index in [0.717, 1.165) is 13.2 Å². The van der Waals surface area contributed by atoms with Crippen molar-refractivity contribution in [3.05, 3.63) is 83.6 Å². The Kier molecular flexibility index (Phi) is 7.12. The maximum atomic E-state index is 14.7. The van der Waals surface area contributed by atoms with Crippen LogP contribution in [0.5, 0.6) is 0 Å². The molecule has 0 saturated heterocycles. The van der Waals surface area contributed by atoms with Gasteiger partial charge in [-0.05, 0) is 47.7 Å². The minimum absolute atomic E-state index is 0.00815. The van der Waals surface area contributed by atoms with Crippen LogP contribution in [0.4, 0.5) is 14.6 Å². The molecule has 1 fully saturated rings. The Morgan fingerprint density at radius 3 is 2.68 bits per heavy atom. The lowest BCUT2D eigenvalue weighted by atomic mass is 9.98. The van der Waals surface area contributed by atoms with Crippen molar-refractivity contribution in [1.82, 2.24) is 10.3 Å². The van der Waals surface area contributed by atoms with Crippen molar-refractivity contribution in [2.75, 3.05) is 19.2 Å². The molecule has 2 unspecified atom stereocenters. The lowest BCUT2D eigenvalue weighted by Gasteiger charge is -2.11. The largest absolute Gasteiger partial charge is 0.465 e. The van der Waals surface area contributed by atoms with Crippen LogP contribution in [0.25, 0.3) is 11.1 Å². The molecule has 2 N–H and O–H groups in total. The average molecular weight is 467 g/mol. The molecule has 0 spiro atoms. The number of nitrogens with one attached hydrogen (secondary N) is 2. The van der Waals surface area contributed by atoms with E-state index in [9.17, 15) is 18.4 Å². The summed E-state index contributed by atoms with van der Waals surface area (Å²) in [5.41, 5.74) is 3.30. The van der Waals surface area contributed by atoms with Gasteiger partial charge in [-0.25, -0.2) is 24.0 Å². The first kappa shape index (κ1) is 23.3. The van der Waals surface area contributed by atoms with Crippen LogP contribution < -0.4 is 10.8 Å². The van der Waals surface area contributed by atoms with Gasteiger partial charge in [-0.3, -0.25) is 9.63 Å². The minimum Gasteiger partial charge on any atom is -0.465 e. The first-order valence-corrected chi connectivity index (χ1v) is 10.7.